The Bertz CT molecular complexity index is 513. The molecule has 1 heterocycles. The van der Waals surface area contributed by atoms with Crippen molar-refractivity contribution in [1.82, 2.24) is 4.90 Å². The van der Waals surface area contributed by atoms with E-state index in [-0.39, 0.29) is 5.54 Å². The van der Waals surface area contributed by atoms with E-state index in [0.717, 1.165) is 12.8 Å². The van der Waals surface area contributed by atoms with E-state index in [1.807, 2.05) is 0 Å². The van der Waals surface area contributed by atoms with Crippen LogP contribution in [0.3, 0.4) is 0 Å². The first-order valence-corrected chi connectivity index (χ1v) is 8.65. The van der Waals surface area contributed by atoms with Crippen LogP contribution >= 0.6 is 0 Å². The van der Waals surface area contributed by atoms with Gasteiger partial charge in [0.15, 0.2) is 0 Å². The topological polar surface area (TPSA) is 3.24 Å². The van der Waals surface area contributed by atoms with E-state index in [9.17, 15) is 0 Å². The Morgan fingerprint density at radius 3 is 1.64 bits per heavy atom. The van der Waals surface area contributed by atoms with Gasteiger partial charge in [0, 0.05) is 5.54 Å². The average molecular weight is 293 g/mol. The average Bonchev–Trinajstić information content (AvgIpc) is 3.11. The van der Waals surface area contributed by atoms with Gasteiger partial charge in [0.25, 0.3) is 0 Å². The lowest BCUT2D eigenvalue weighted by Gasteiger charge is -2.42. The standard InChI is InChI=1S/C21H27N/c1-2-21(22-15-9-10-16-22,17-19-11-5-3-6-12-19)18-20-13-7-4-8-14-20/h3-8,11-14H,2,9-10,15-18H2,1H3. The van der Waals surface area contributed by atoms with Gasteiger partial charge < -0.3 is 0 Å². The fourth-order valence-electron chi connectivity index (χ4n) is 3.90. The first-order chi connectivity index (χ1) is 10.8. The SMILES string of the molecule is CCC(Cc1ccccc1)(Cc1ccccc1)N1CCCC1. The molecule has 1 fully saturated rings. The summed E-state index contributed by atoms with van der Waals surface area (Å²) >= 11 is 0. The van der Waals surface area contributed by atoms with Crippen molar-refractivity contribution in [3.05, 3.63) is 71.8 Å². The predicted molar refractivity (Wildman–Crippen MR) is 94.1 cm³/mol. The maximum atomic E-state index is 2.76. The van der Waals surface area contributed by atoms with Crippen molar-refractivity contribution in [1.29, 1.82) is 0 Å². The molecule has 0 bridgehead atoms. The summed E-state index contributed by atoms with van der Waals surface area (Å²) in [5.74, 6) is 0. The molecule has 1 saturated heterocycles. The van der Waals surface area contributed by atoms with Gasteiger partial charge in [0.05, 0.1) is 0 Å². The van der Waals surface area contributed by atoms with Gasteiger partial charge in [-0.3, -0.25) is 4.90 Å². The van der Waals surface area contributed by atoms with E-state index in [1.165, 1.54) is 43.5 Å². The molecule has 1 heteroatoms. The van der Waals surface area contributed by atoms with E-state index in [2.05, 4.69) is 72.5 Å². The van der Waals surface area contributed by atoms with Crippen LogP contribution in [0.25, 0.3) is 0 Å². The fraction of sp³-hybridized carbons (Fsp3) is 0.429. The number of hydrogen-bond donors (Lipinski definition) is 0. The molecule has 0 amide bonds. The van der Waals surface area contributed by atoms with Crippen molar-refractivity contribution in [3.63, 3.8) is 0 Å². The van der Waals surface area contributed by atoms with Crippen LogP contribution in [-0.2, 0) is 12.8 Å². The van der Waals surface area contributed by atoms with E-state index in [4.69, 9.17) is 0 Å². The Hall–Kier alpha value is -1.60. The summed E-state index contributed by atoms with van der Waals surface area (Å²) in [6, 6.07) is 22.0. The van der Waals surface area contributed by atoms with Gasteiger partial charge in [-0.25, -0.2) is 0 Å². The molecular formula is C21H27N. The first kappa shape index (κ1) is 15.3. The number of hydrogen-bond acceptors (Lipinski definition) is 1. The van der Waals surface area contributed by atoms with Crippen molar-refractivity contribution in [2.24, 2.45) is 0 Å². The third kappa shape index (κ3) is 3.41. The summed E-state index contributed by atoms with van der Waals surface area (Å²) in [5, 5.41) is 0. The molecule has 0 spiro atoms. The van der Waals surface area contributed by atoms with Gasteiger partial charge in [-0.15, -0.1) is 0 Å². The largest absolute Gasteiger partial charge is 0.297 e. The summed E-state index contributed by atoms with van der Waals surface area (Å²) in [5.41, 5.74) is 3.19. The predicted octanol–water partition coefficient (Wildman–Crippen LogP) is 4.72. The Kier molecular flexibility index (Phi) is 4.94. The van der Waals surface area contributed by atoms with Gasteiger partial charge in [0.2, 0.25) is 0 Å². The zero-order valence-electron chi connectivity index (χ0n) is 13.7. The summed E-state index contributed by atoms with van der Waals surface area (Å²) in [6.45, 7) is 4.88. The van der Waals surface area contributed by atoms with Crippen LogP contribution in [0.15, 0.2) is 60.7 Å². The van der Waals surface area contributed by atoms with Gasteiger partial charge in [-0.2, -0.15) is 0 Å². The highest BCUT2D eigenvalue weighted by atomic mass is 15.2. The maximum absolute atomic E-state index is 2.76. The van der Waals surface area contributed by atoms with Gasteiger partial charge >= 0.3 is 0 Å². The molecule has 0 unspecified atom stereocenters. The minimum Gasteiger partial charge on any atom is -0.297 e. The van der Waals surface area contributed by atoms with Crippen LogP contribution in [-0.4, -0.2) is 23.5 Å². The van der Waals surface area contributed by atoms with Gasteiger partial charge in [0.1, 0.15) is 0 Å². The zero-order chi connectivity index (χ0) is 15.3. The minimum absolute atomic E-state index is 0.263. The summed E-state index contributed by atoms with van der Waals surface area (Å²) < 4.78 is 0. The molecular weight excluding hydrogens is 266 g/mol. The van der Waals surface area contributed by atoms with E-state index in [0.29, 0.717) is 0 Å². The molecule has 0 saturated carbocycles. The molecule has 3 rings (SSSR count). The molecule has 1 nitrogen and oxygen atoms in total. The number of benzene rings is 2. The lowest BCUT2D eigenvalue weighted by molar-refractivity contribution is 0.110. The van der Waals surface area contributed by atoms with Gasteiger partial charge in [-0.1, -0.05) is 67.6 Å². The van der Waals surface area contributed by atoms with Crippen molar-refractivity contribution < 1.29 is 0 Å². The molecule has 2 aromatic carbocycles. The number of likely N-dealkylation sites (tertiary alicyclic amines) is 1. The first-order valence-electron chi connectivity index (χ1n) is 8.65. The normalized spacial score (nSPS) is 16.0. The van der Waals surface area contributed by atoms with Gasteiger partial charge in [-0.05, 0) is 56.3 Å². The van der Waals surface area contributed by atoms with Crippen LogP contribution in [0.1, 0.15) is 37.3 Å². The van der Waals surface area contributed by atoms with Crippen LogP contribution in [0.2, 0.25) is 0 Å². The van der Waals surface area contributed by atoms with Crippen molar-refractivity contribution in [2.75, 3.05) is 13.1 Å². The highest BCUT2D eigenvalue weighted by molar-refractivity contribution is 5.23. The molecule has 116 valence electrons. The summed E-state index contributed by atoms with van der Waals surface area (Å²) in [6.07, 6.45) is 6.21. The maximum Gasteiger partial charge on any atom is 0.0287 e. The van der Waals surface area contributed by atoms with Crippen molar-refractivity contribution >= 4 is 0 Å². The molecule has 0 aliphatic carbocycles. The summed E-state index contributed by atoms with van der Waals surface area (Å²) in [7, 11) is 0. The minimum atomic E-state index is 0.263. The molecule has 0 radical (unpaired) electrons. The zero-order valence-corrected chi connectivity index (χ0v) is 13.7. The van der Waals surface area contributed by atoms with Crippen molar-refractivity contribution in [3.8, 4) is 0 Å². The van der Waals surface area contributed by atoms with E-state index >= 15 is 0 Å². The monoisotopic (exact) mass is 293 g/mol. The third-order valence-corrected chi connectivity index (χ3v) is 5.19. The number of nitrogens with zero attached hydrogens (tertiary/aromatic N) is 1. The second-order valence-corrected chi connectivity index (χ2v) is 6.60. The lowest BCUT2D eigenvalue weighted by atomic mass is 9.81. The fourth-order valence-corrected chi connectivity index (χ4v) is 3.90. The molecule has 22 heavy (non-hydrogen) atoms. The lowest BCUT2D eigenvalue weighted by Crippen LogP contribution is -2.50. The van der Waals surface area contributed by atoms with Crippen LogP contribution < -0.4 is 0 Å². The second-order valence-electron chi connectivity index (χ2n) is 6.60. The second kappa shape index (κ2) is 7.11. The molecule has 0 aromatic heterocycles. The molecule has 2 aromatic rings. The molecule has 1 aliphatic rings. The third-order valence-electron chi connectivity index (χ3n) is 5.19. The molecule has 0 N–H and O–H groups in total. The Labute approximate surface area is 135 Å². The van der Waals surface area contributed by atoms with Crippen LogP contribution in [0.4, 0.5) is 0 Å². The van der Waals surface area contributed by atoms with Crippen molar-refractivity contribution in [2.45, 2.75) is 44.6 Å². The van der Waals surface area contributed by atoms with E-state index in [1.54, 1.807) is 0 Å². The highest BCUT2D eigenvalue weighted by Gasteiger charge is 2.36. The summed E-state index contributed by atoms with van der Waals surface area (Å²) in [4.78, 5) is 2.76. The quantitative estimate of drug-likeness (QED) is 0.745. The Morgan fingerprint density at radius 2 is 1.23 bits per heavy atom. The number of rotatable bonds is 6. The smallest absolute Gasteiger partial charge is 0.0287 e. The highest BCUT2D eigenvalue weighted by Crippen LogP contribution is 2.32. The Balaban J connectivity index is 1.89. The van der Waals surface area contributed by atoms with E-state index < -0.39 is 0 Å². The van der Waals surface area contributed by atoms with Crippen LogP contribution in [0, 0.1) is 0 Å². The van der Waals surface area contributed by atoms with Crippen LogP contribution in [0.5, 0.6) is 0 Å². The Morgan fingerprint density at radius 1 is 0.773 bits per heavy atom. The molecule has 1 aliphatic heterocycles. The molecule has 0 atom stereocenters.